The molecule has 0 saturated heterocycles. The highest BCUT2D eigenvalue weighted by atomic mass is 16.5. The fourth-order valence-corrected chi connectivity index (χ4v) is 2.06. The van der Waals surface area contributed by atoms with Crippen LogP contribution in [0.15, 0.2) is 54.6 Å². The number of benzene rings is 2. The minimum atomic E-state index is 0.481. The largest absolute Gasteiger partial charge is 0.491 e. The van der Waals surface area contributed by atoms with Crippen LogP contribution in [0.5, 0.6) is 11.5 Å². The Kier molecular flexibility index (Phi) is 12.0. The van der Waals surface area contributed by atoms with Crippen molar-refractivity contribution in [2.24, 2.45) is 0 Å². The standard InChI is InChI=1S/C19H24O4.C2H6/c1-20-12-7-13-21-14-15-22-19-11-6-5-8-17(19)16-23-18-9-3-2-4-10-18;1-2/h2-6,8-11H,7,12-16H2,1H3;1-2H3. The monoisotopic (exact) mass is 346 g/mol. The van der Waals surface area contributed by atoms with Gasteiger partial charge in [0.15, 0.2) is 0 Å². The molecule has 138 valence electrons. The van der Waals surface area contributed by atoms with Crippen LogP contribution in [0, 0.1) is 0 Å². The third-order valence-corrected chi connectivity index (χ3v) is 3.23. The van der Waals surface area contributed by atoms with E-state index in [9.17, 15) is 0 Å². The summed E-state index contributed by atoms with van der Waals surface area (Å²) in [4.78, 5) is 0. The van der Waals surface area contributed by atoms with E-state index in [1.54, 1.807) is 7.11 Å². The molecule has 0 unspecified atom stereocenters. The minimum absolute atomic E-state index is 0.481. The van der Waals surface area contributed by atoms with Gasteiger partial charge in [-0.05, 0) is 24.6 Å². The zero-order valence-corrected chi connectivity index (χ0v) is 15.6. The van der Waals surface area contributed by atoms with Gasteiger partial charge < -0.3 is 18.9 Å². The van der Waals surface area contributed by atoms with Crippen molar-refractivity contribution < 1.29 is 18.9 Å². The Morgan fingerprint density at radius 1 is 0.720 bits per heavy atom. The predicted octanol–water partition coefficient (Wildman–Crippen LogP) is 4.72. The molecule has 0 aromatic heterocycles. The van der Waals surface area contributed by atoms with Crippen LogP contribution in [-0.2, 0) is 16.1 Å². The highest BCUT2D eigenvalue weighted by Gasteiger charge is 2.04. The summed E-state index contributed by atoms with van der Waals surface area (Å²) in [6.07, 6.45) is 0.901. The fourth-order valence-electron chi connectivity index (χ4n) is 2.06. The SMILES string of the molecule is CC.COCCCOCCOc1ccccc1COc1ccccc1. The first-order chi connectivity index (χ1) is 12.4. The minimum Gasteiger partial charge on any atom is -0.491 e. The van der Waals surface area contributed by atoms with Crippen LogP contribution < -0.4 is 9.47 Å². The summed E-state index contributed by atoms with van der Waals surface area (Å²) in [7, 11) is 1.69. The third kappa shape index (κ3) is 9.13. The maximum absolute atomic E-state index is 5.80. The summed E-state index contributed by atoms with van der Waals surface area (Å²) in [5.41, 5.74) is 1.02. The molecule has 0 spiro atoms. The van der Waals surface area contributed by atoms with Crippen molar-refractivity contribution in [1.82, 2.24) is 0 Å². The lowest BCUT2D eigenvalue weighted by Crippen LogP contribution is -2.10. The number of hydrogen-bond donors (Lipinski definition) is 0. The first-order valence-corrected chi connectivity index (χ1v) is 8.85. The van der Waals surface area contributed by atoms with E-state index in [1.165, 1.54) is 0 Å². The Bertz CT molecular complexity index is 543. The molecule has 0 bridgehead atoms. The number of methoxy groups -OCH3 is 1. The Morgan fingerprint density at radius 3 is 2.20 bits per heavy atom. The summed E-state index contributed by atoms with van der Waals surface area (Å²) in [5, 5.41) is 0. The number of ether oxygens (including phenoxy) is 4. The van der Waals surface area contributed by atoms with Crippen molar-refractivity contribution in [1.29, 1.82) is 0 Å². The molecule has 0 atom stereocenters. The molecule has 2 rings (SSSR count). The molecule has 2 aromatic carbocycles. The maximum Gasteiger partial charge on any atom is 0.126 e. The van der Waals surface area contributed by atoms with Crippen LogP contribution in [-0.4, -0.2) is 33.5 Å². The second-order valence-corrected chi connectivity index (χ2v) is 5.02. The van der Waals surface area contributed by atoms with Crippen LogP contribution in [0.4, 0.5) is 0 Å². The molecule has 0 fully saturated rings. The van der Waals surface area contributed by atoms with E-state index in [2.05, 4.69) is 0 Å². The Morgan fingerprint density at radius 2 is 1.44 bits per heavy atom. The van der Waals surface area contributed by atoms with E-state index in [0.717, 1.165) is 30.1 Å². The number of hydrogen-bond acceptors (Lipinski definition) is 4. The number of rotatable bonds is 11. The Hall–Kier alpha value is -2.04. The summed E-state index contributed by atoms with van der Waals surface area (Å²) in [6.45, 7) is 6.98. The molecular formula is C21H30O4. The summed E-state index contributed by atoms with van der Waals surface area (Å²) < 4.78 is 22.0. The first kappa shape index (κ1) is 21.0. The molecule has 4 heteroatoms. The molecule has 0 aliphatic rings. The molecule has 0 heterocycles. The molecule has 0 aliphatic heterocycles. The summed E-state index contributed by atoms with van der Waals surface area (Å²) in [5.74, 6) is 1.69. The Labute approximate surface area is 151 Å². The molecule has 0 amide bonds. The topological polar surface area (TPSA) is 36.9 Å². The van der Waals surface area contributed by atoms with Crippen molar-refractivity contribution in [3.63, 3.8) is 0 Å². The van der Waals surface area contributed by atoms with E-state index in [1.807, 2.05) is 68.4 Å². The maximum atomic E-state index is 5.80. The van der Waals surface area contributed by atoms with Gasteiger partial charge in [-0.3, -0.25) is 0 Å². The van der Waals surface area contributed by atoms with Crippen LogP contribution >= 0.6 is 0 Å². The van der Waals surface area contributed by atoms with Crippen LogP contribution in [0.3, 0.4) is 0 Å². The van der Waals surface area contributed by atoms with Gasteiger partial charge in [-0.1, -0.05) is 50.2 Å². The molecule has 0 radical (unpaired) electrons. The number of para-hydroxylation sites is 2. The molecule has 2 aromatic rings. The normalized spacial score (nSPS) is 9.88. The van der Waals surface area contributed by atoms with Gasteiger partial charge in [-0.15, -0.1) is 0 Å². The van der Waals surface area contributed by atoms with Gasteiger partial charge in [0.1, 0.15) is 24.7 Å². The van der Waals surface area contributed by atoms with Crippen LogP contribution in [0.25, 0.3) is 0 Å². The average molecular weight is 346 g/mol. The van der Waals surface area contributed by atoms with Gasteiger partial charge in [0.2, 0.25) is 0 Å². The van der Waals surface area contributed by atoms with Gasteiger partial charge in [0, 0.05) is 25.9 Å². The summed E-state index contributed by atoms with van der Waals surface area (Å²) >= 11 is 0. The van der Waals surface area contributed by atoms with Crippen molar-refractivity contribution in [2.45, 2.75) is 26.9 Å². The van der Waals surface area contributed by atoms with Gasteiger partial charge >= 0.3 is 0 Å². The van der Waals surface area contributed by atoms with E-state index in [4.69, 9.17) is 18.9 Å². The summed E-state index contributed by atoms with van der Waals surface area (Å²) in [6, 6.07) is 17.7. The lowest BCUT2D eigenvalue weighted by Gasteiger charge is -2.12. The zero-order chi connectivity index (χ0) is 18.2. The highest BCUT2D eigenvalue weighted by Crippen LogP contribution is 2.20. The predicted molar refractivity (Wildman–Crippen MR) is 101 cm³/mol. The van der Waals surface area contributed by atoms with Crippen molar-refractivity contribution >= 4 is 0 Å². The van der Waals surface area contributed by atoms with Crippen LogP contribution in [0.1, 0.15) is 25.8 Å². The van der Waals surface area contributed by atoms with E-state index in [0.29, 0.717) is 26.4 Å². The lowest BCUT2D eigenvalue weighted by molar-refractivity contribution is 0.0801. The van der Waals surface area contributed by atoms with Crippen LogP contribution in [0.2, 0.25) is 0 Å². The molecular weight excluding hydrogens is 316 g/mol. The highest BCUT2D eigenvalue weighted by molar-refractivity contribution is 5.33. The van der Waals surface area contributed by atoms with E-state index < -0.39 is 0 Å². The first-order valence-electron chi connectivity index (χ1n) is 8.85. The van der Waals surface area contributed by atoms with Gasteiger partial charge in [-0.25, -0.2) is 0 Å². The van der Waals surface area contributed by atoms with Crippen molar-refractivity contribution in [3.05, 3.63) is 60.2 Å². The van der Waals surface area contributed by atoms with Gasteiger partial charge in [0.05, 0.1) is 6.61 Å². The smallest absolute Gasteiger partial charge is 0.126 e. The van der Waals surface area contributed by atoms with Gasteiger partial charge in [0.25, 0.3) is 0 Å². The second kappa shape index (κ2) is 14.3. The molecule has 25 heavy (non-hydrogen) atoms. The molecule has 0 saturated carbocycles. The second-order valence-electron chi connectivity index (χ2n) is 5.02. The fraction of sp³-hybridized carbons (Fsp3) is 0.429. The molecule has 0 N–H and O–H groups in total. The lowest BCUT2D eigenvalue weighted by atomic mass is 10.2. The van der Waals surface area contributed by atoms with Crippen molar-refractivity contribution in [2.75, 3.05) is 33.5 Å². The van der Waals surface area contributed by atoms with Crippen molar-refractivity contribution in [3.8, 4) is 11.5 Å². The average Bonchev–Trinajstić information content (AvgIpc) is 2.69. The molecule has 4 nitrogen and oxygen atoms in total. The zero-order valence-electron chi connectivity index (χ0n) is 15.6. The Balaban J connectivity index is 0.00000151. The molecule has 0 aliphatic carbocycles. The van der Waals surface area contributed by atoms with E-state index in [-0.39, 0.29) is 0 Å². The third-order valence-electron chi connectivity index (χ3n) is 3.23. The quantitative estimate of drug-likeness (QED) is 0.552. The van der Waals surface area contributed by atoms with E-state index >= 15 is 0 Å². The van der Waals surface area contributed by atoms with Gasteiger partial charge in [-0.2, -0.15) is 0 Å².